The van der Waals surface area contributed by atoms with Gasteiger partial charge in [0.2, 0.25) is 0 Å². The lowest BCUT2D eigenvalue weighted by molar-refractivity contribution is -0.142. The van der Waals surface area contributed by atoms with Gasteiger partial charge in [0.25, 0.3) is 0 Å². The molecule has 1 saturated heterocycles. The minimum atomic E-state index is -0.883. The number of rotatable bonds is 8. The molecule has 1 aliphatic heterocycles. The van der Waals surface area contributed by atoms with Crippen LogP contribution in [0.3, 0.4) is 0 Å². The van der Waals surface area contributed by atoms with E-state index in [1.54, 1.807) is 0 Å². The summed E-state index contributed by atoms with van der Waals surface area (Å²) in [4.78, 5) is 24.9. The molecule has 1 aliphatic rings. The summed E-state index contributed by atoms with van der Waals surface area (Å²) in [7, 11) is 0. The highest BCUT2D eigenvalue weighted by atomic mass is 16.4. The minimum Gasteiger partial charge on any atom is -0.480 e. The second kappa shape index (κ2) is 10.5. The first kappa shape index (κ1) is 17.8. The van der Waals surface area contributed by atoms with Crippen LogP contribution in [0.5, 0.6) is 0 Å². The van der Waals surface area contributed by atoms with Gasteiger partial charge < -0.3 is 15.3 Å². The number of carbonyl (C=O) groups is 2. The maximum atomic E-state index is 12.2. The Morgan fingerprint density at radius 3 is 2.52 bits per heavy atom. The summed E-state index contributed by atoms with van der Waals surface area (Å²) in [6.45, 7) is 3.40. The quantitative estimate of drug-likeness (QED) is 0.675. The fraction of sp³-hybridized carbons (Fsp3) is 0.875. The zero-order chi connectivity index (χ0) is 15.5. The molecule has 0 aromatic rings. The summed E-state index contributed by atoms with van der Waals surface area (Å²) in [6.07, 6.45) is 10.5. The summed E-state index contributed by atoms with van der Waals surface area (Å²) >= 11 is 0. The largest absolute Gasteiger partial charge is 0.480 e. The van der Waals surface area contributed by atoms with Gasteiger partial charge in [-0.3, -0.25) is 0 Å². The topological polar surface area (TPSA) is 69.6 Å². The van der Waals surface area contributed by atoms with Crippen LogP contribution in [0, 0.1) is 0 Å². The number of hydrogen-bond acceptors (Lipinski definition) is 2. The molecule has 1 fully saturated rings. The molecule has 0 saturated carbocycles. The maximum Gasteiger partial charge on any atom is 0.326 e. The lowest BCUT2D eigenvalue weighted by atomic mass is 10.1. The van der Waals surface area contributed by atoms with Crippen LogP contribution in [0.2, 0.25) is 0 Å². The Morgan fingerprint density at radius 1 is 1.10 bits per heavy atom. The summed E-state index contributed by atoms with van der Waals surface area (Å²) in [6, 6.07) is -0.866. The predicted molar refractivity (Wildman–Crippen MR) is 83.4 cm³/mol. The lowest BCUT2D eigenvalue weighted by Gasteiger charge is -2.27. The van der Waals surface area contributed by atoms with E-state index in [4.69, 9.17) is 0 Å². The van der Waals surface area contributed by atoms with E-state index in [-0.39, 0.29) is 6.03 Å². The molecule has 5 heteroatoms. The Hall–Kier alpha value is -1.26. The molecule has 0 spiro atoms. The number of carboxylic acids is 1. The third-order valence-electron chi connectivity index (χ3n) is 4.11. The number of likely N-dealkylation sites (tertiary alicyclic amines) is 1. The third-order valence-corrected chi connectivity index (χ3v) is 4.11. The molecule has 21 heavy (non-hydrogen) atoms. The number of nitrogens with one attached hydrogen (secondary N) is 1. The standard InChI is InChI=1S/C16H30N2O3/c1-2-3-4-5-6-9-12-17-16(21)18-13-10-7-8-11-14(18)15(19)20/h14H,2-13H2,1H3,(H,17,21)(H,19,20). The monoisotopic (exact) mass is 298 g/mol. The summed E-state index contributed by atoms with van der Waals surface area (Å²) in [5.74, 6) is -0.883. The van der Waals surface area contributed by atoms with Gasteiger partial charge in [-0.2, -0.15) is 0 Å². The van der Waals surface area contributed by atoms with Crippen molar-refractivity contribution in [2.75, 3.05) is 13.1 Å². The second-order valence-electron chi connectivity index (χ2n) is 5.90. The maximum absolute atomic E-state index is 12.2. The van der Waals surface area contributed by atoms with E-state index in [0.717, 1.165) is 32.1 Å². The predicted octanol–water partition coefficient (Wildman–Crippen LogP) is 3.39. The molecule has 0 aliphatic carbocycles. The fourth-order valence-electron chi connectivity index (χ4n) is 2.81. The summed E-state index contributed by atoms with van der Waals surface area (Å²) in [5.41, 5.74) is 0. The number of aliphatic carboxylic acids is 1. The molecular weight excluding hydrogens is 268 g/mol. The first-order chi connectivity index (χ1) is 10.2. The highest BCUT2D eigenvalue weighted by Gasteiger charge is 2.30. The van der Waals surface area contributed by atoms with E-state index in [1.165, 1.54) is 30.6 Å². The van der Waals surface area contributed by atoms with Crippen molar-refractivity contribution in [3.8, 4) is 0 Å². The van der Waals surface area contributed by atoms with Crippen LogP contribution >= 0.6 is 0 Å². The van der Waals surface area contributed by atoms with Crippen LogP contribution in [0.1, 0.15) is 71.1 Å². The number of nitrogens with zero attached hydrogens (tertiary/aromatic N) is 1. The molecule has 0 radical (unpaired) electrons. The molecule has 5 nitrogen and oxygen atoms in total. The Morgan fingerprint density at radius 2 is 1.81 bits per heavy atom. The number of hydrogen-bond donors (Lipinski definition) is 2. The normalized spacial score (nSPS) is 19.1. The van der Waals surface area contributed by atoms with E-state index in [0.29, 0.717) is 19.5 Å². The van der Waals surface area contributed by atoms with Crippen molar-refractivity contribution in [2.24, 2.45) is 0 Å². The van der Waals surface area contributed by atoms with E-state index in [1.807, 2.05) is 0 Å². The average Bonchev–Trinajstić information content (AvgIpc) is 2.72. The van der Waals surface area contributed by atoms with Crippen molar-refractivity contribution >= 4 is 12.0 Å². The van der Waals surface area contributed by atoms with E-state index in [2.05, 4.69) is 12.2 Å². The van der Waals surface area contributed by atoms with Gasteiger partial charge in [-0.15, -0.1) is 0 Å². The van der Waals surface area contributed by atoms with Crippen molar-refractivity contribution in [3.63, 3.8) is 0 Å². The van der Waals surface area contributed by atoms with Crippen molar-refractivity contribution in [1.82, 2.24) is 10.2 Å². The summed E-state index contributed by atoms with van der Waals surface area (Å²) < 4.78 is 0. The van der Waals surface area contributed by atoms with Crippen LogP contribution in [0.4, 0.5) is 4.79 Å². The van der Waals surface area contributed by atoms with Crippen molar-refractivity contribution in [3.05, 3.63) is 0 Å². The molecular formula is C16H30N2O3. The third kappa shape index (κ3) is 6.82. The molecule has 0 bridgehead atoms. The molecule has 0 aromatic heterocycles. The second-order valence-corrected chi connectivity index (χ2v) is 5.90. The first-order valence-corrected chi connectivity index (χ1v) is 8.44. The zero-order valence-corrected chi connectivity index (χ0v) is 13.3. The molecule has 1 heterocycles. The van der Waals surface area contributed by atoms with E-state index < -0.39 is 12.0 Å². The molecule has 1 unspecified atom stereocenters. The van der Waals surface area contributed by atoms with Gasteiger partial charge >= 0.3 is 12.0 Å². The van der Waals surface area contributed by atoms with Crippen LogP contribution in [0.15, 0.2) is 0 Å². The van der Waals surface area contributed by atoms with Crippen molar-refractivity contribution in [2.45, 2.75) is 77.2 Å². The SMILES string of the molecule is CCCCCCCCNC(=O)N1CCCCCC1C(=O)O. The Labute approximate surface area is 128 Å². The van der Waals surface area contributed by atoms with Crippen LogP contribution in [-0.4, -0.2) is 41.1 Å². The van der Waals surface area contributed by atoms with Crippen LogP contribution in [-0.2, 0) is 4.79 Å². The van der Waals surface area contributed by atoms with Crippen LogP contribution < -0.4 is 5.32 Å². The number of unbranched alkanes of at least 4 members (excludes halogenated alkanes) is 5. The van der Waals surface area contributed by atoms with Gasteiger partial charge in [0.05, 0.1) is 0 Å². The highest BCUT2D eigenvalue weighted by Crippen LogP contribution is 2.17. The van der Waals surface area contributed by atoms with Crippen molar-refractivity contribution in [1.29, 1.82) is 0 Å². The Bertz CT molecular complexity index is 321. The Balaban J connectivity index is 2.26. The van der Waals surface area contributed by atoms with Gasteiger partial charge in [0.15, 0.2) is 0 Å². The zero-order valence-electron chi connectivity index (χ0n) is 13.3. The smallest absolute Gasteiger partial charge is 0.326 e. The van der Waals surface area contributed by atoms with Gasteiger partial charge in [0, 0.05) is 13.1 Å². The van der Waals surface area contributed by atoms with Gasteiger partial charge in [-0.25, -0.2) is 9.59 Å². The molecule has 1 rings (SSSR count). The first-order valence-electron chi connectivity index (χ1n) is 8.44. The highest BCUT2D eigenvalue weighted by molar-refractivity contribution is 5.82. The fourth-order valence-corrected chi connectivity index (χ4v) is 2.81. The van der Waals surface area contributed by atoms with Gasteiger partial charge in [-0.05, 0) is 19.3 Å². The number of amides is 2. The van der Waals surface area contributed by atoms with Crippen LogP contribution in [0.25, 0.3) is 0 Å². The minimum absolute atomic E-state index is 0.210. The number of urea groups is 1. The van der Waals surface area contributed by atoms with Gasteiger partial charge in [0.1, 0.15) is 6.04 Å². The molecule has 2 amide bonds. The molecule has 1 atom stereocenters. The number of carbonyl (C=O) groups excluding carboxylic acids is 1. The molecule has 122 valence electrons. The lowest BCUT2D eigenvalue weighted by Crippen LogP contribution is -2.49. The van der Waals surface area contributed by atoms with Gasteiger partial charge in [-0.1, -0.05) is 51.9 Å². The van der Waals surface area contributed by atoms with E-state index in [9.17, 15) is 14.7 Å². The molecule has 0 aromatic carbocycles. The van der Waals surface area contributed by atoms with Crippen molar-refractivity contribution < 1.29 is 14.7 Å². The summed E-state index contributed by atoms with van der Waals surface area (Å²) in [5, 5.41) is 12.1. The van der Waals surface area contributed by atoms with E-state index >= 15 is 0 Å². The number of carboxylic acid groups (broad SMARTS) is 1. The molecule has 2 N–H and O–H groups in total. The average molecular weight is 298 g/mol. The Kier molecular flexibility index (Phi) is 8.87.